The molecule has 0 bridgehead atoms. The number of rotatable bonds is 7. The molecule has 0 fully saturated rings. The molecule has 1 aromatic heterocycles. The summed E-state index contributed by atoms with van der Waals surface area (Å²) in [7, 11) is 1.90. The number of aromatic nitrogens is 2. The van der Waals surface area contributed by atoms with Gasteiger partial charge in [-0.1, -0.05) is 23.7 Å². The third-order valence-corrected chi connectivity index (χ3v) is 4.44. The first-order valence-corrected chi connectivity index (χ1v) is 8.56. The molecule has 0 aliphatic rings. The van der Waals surface area contributed by atoms with Crippen molar-refractivity contribution in [3.8, 4) is 0 Å². The summed E-state index contributed by atoms with van der Waals surface area (Å²) in [6.07, 6.45) is 1.05. The van der Waals surface area contributed by atoms with Crippen molar-refractivity contribution in [1.82, 2.24) is 20.4 Å². The number of carbonyl (C=O) groups excluding carboxylic acids is 2. The molecule has 0 aliphatic carbocycles. The minimum Gasteiger partial charge on any atom is -0.354 e. The minimum absolute atomic E-state index is 0.0466. The third-order valence-electron chi connectivity index (χ3n) is 4.11. The van der Waals surface area contributed by atoms with Gasteiger partial charge in [0.2, 0.25) is 5.91 Å². The van der Waals surface area contributed by atoms with Crippen LogP contribution in [0.25, 0.3) is 0 Å². The van der Waals surface area contributed by atoms with Crippen LogP contribution >= 0.6 is 11.6 Å². The Kier molecular flexibility index (Phi) is 6.58. The van der Waals surface area contributed by atoms with Gasteiger partial charge in [0.05, 0.1) is 16.3 Å². The number of amides is 2. The van der Waals surface area contributed by atoms with Crippen LogP contribution in [0.15, 0.2) is 24.3 Å². The van der Waals surface area contributed by atoms with E-state index in [0.717, 1.165) is 17.0 Å². The Morgan fingerprint density at radius 3 is 2.48 bits per heavy atom. The number of carbonyl (C=O) groups is 2. The van der Waals surface area contributed by atoms with Gasteiger partial charge in [0.25, 0.3) is 5.91 Å². The van der Waals surface area contributed by atoms with Crippen molar-refractivity contribution in [2.45, 2.75) is 26.7 Å². The molecule has 1 heterocycles. The van der Waals surface area contributed by atoms with Gasteiger partial charge in [-0.2, -0.15) is 5.10 Å². The Balaban J connectivity index is 1.70. The summed E-state index contributed by atoms with van der Waals surface area (Å²) in [5, 5.41) is 10.3. The van der Waals surface area contributed by atoms with Crippen LogP contribution < -0.4 is 10.6 Å². The molecule has 2 aromatic rings. The summed E-state index contributed by atoms with van der Waals surface area (Å²) < 4.78 is 1.83. The monoisotopic (exact) mass is 362 g/mol. The Morgan fingerprint density at radius 2 is 1.84 bits per heavy atom. The smallest absolute Gasteiger partial charge is 0.252 e. The predicted octanol–water partition coefficient (Wildman–Crippen LogP) is 2.17. The molecule has 7 heteroatoms. The normalized spacial score (nSPS) is 10.6. The van der Waals surface area contributed by atoms with E-state index in [4.69, 9.17) is 11.6 Å². The first-order valence-electron chi connectivity index (χ1n) is 8.18. The largest absolute Gasteiger partial charge is 0.354 e. The maximum Gasteiger partial charge on any atom is 0.252 e. The Morgan fingerprint density at radius 1 is 1.16 bits per heavy atom. The van der Waals surface area contributed by atoms with Gasteiger partial charge in [0, 0.05) is 32.3 Å². The number of nitrogens with one attached hydrogen (secondary N) is 2. The summed E-state index contributed by atoms with van der Waals surface area (Å²) in [5.74, 6) is -0.295. The number of hydrogen-bond acceptors (Lipinski definition) is 3. The number of benzene rings is 1. The topological polar surface area (TPSA) is 76.0 Å². The van der Waals surface area contributed by atoms with Crippen LogP contribution in [0, 0.1) is 13.8 Å². The summed E-state index contributed by atoms with van der Waals surface area (Å²) in [6.45, 7) is 4.67. The van der Waals surface area contributed by atoms with E-state index in [9.17, 15) is 9.59 Å². The lowest BCUT2D eigenvalue weighted by Crippen LogP contribution is -2.34. The molecule has 1 aromatic carbocycles. The highest BCUT2D eigenvalue weighted by molar-refractivity contribution is 6.33. The Hall–Kier alpha value is -2.34. The average Bonchev–Trinajstić information content (AvgIpc) is 2.82. The molecule has 0 saturated carbocycles. The van der Waals surface area contributed by atoms with Crippen LogP contribution in [0.3, 0.4) is 0 Å². The standard InChI is InChI=1S/C18H23ClN4O2/c1-12-14(13(2)23(3)22-12)8-9-17(24)20-10-11-21-18(25)15-6-4-5-7-16(15)19/h4-7H,8-11H2,1-3H3,(H,20,24)(H,21,25). The lowest BCUT2D eigenvalue weighted by atomic mass is 10.1. The molecule has 0 radical (unpaired) electrons. The molecule has 0 aliphatic heterocycles. The van der Waals surface area contributed by atoms with E-state index in [1.54, 1.807) is 24.3 Å². The molecule has 2 N–H and O–H groups in total. The van der Waals surface area contributed by atoms with E-state index in [2.05, 4.69) is 15.7 Å². The quantitative estimate of drug-likeness (QED) is 0.741. The summed E-state index contributed by atoms with van der Waals surface area (Å²) in [6, 6.07) is 6.85. The van der Waals surface area contributed by atoms with Crippen LogP contribution in [-0.2, 0) is 18.3 Å². The second-order valence-corrected chi connectivity index (χ2v) is 6.27. The van der Waals surface area contributed by atoms with Gasteiger partial charge in [-0.15, -0.1) is 0 Å². The van der Waals surface area contributed by atoms with Gasteiger partial charge in [0.1, 0.15) is 0 Å². The summed E-state index contributed by atoms with van der Waals surface area (Å²) >= 11 is 5.97. The molecule has 0 saturated heterocycles. The van der Waals surface area contributed by atoms with Crippen molar-refractivity contribution in [3.63, 3.8) is 0 Å². The number of aryl methyl sites for hydroxylation is 2. The van der Waals surface area contributed by atoms with Gasteiger partial charge < -0.3 is 10.6 Å². The van der Waals surface area contributed by atoms with E-state index < -0.39 is 0 Å². The number of halogens is 1. The van der Waals surface area contributed by atoms with Crippen molar-refractivity contribution in [1.29, 1.82) is 0 Å². The molecular weight excluding hydrogens is 340 g/mol. The highest BCUT2D eigenvalue weighted by atomic mass is 35.5. The lowest BCUT2D eigenvalue weighted by Gasteiger charge is -2.08. The number of nitrogens with zero attached hydrogens (tertiary/aromatic N) is 2. The van der Waals surface area contributed by atoms with Crippen LogP contribution in [0.1, 0.15) is 33.7 Å². The van der Waals surface area contributed by atoms with Crippen LogP contribution in [0.2, 0.25) is 5.02 Å². The second-order valence-electron chi connectivity index (χ2n) is 5.86. The van der Waals surface area contributed by atoms with Crippen molar-refractivity contribution < 1.29 is 9.59 Å². The SMILES string of the molecule is Cc1nn(C)c(C)c1CCC(=O)NCCNC(=O)c1ccccc1Cl. The van der Waals surface area contributed by atoms with Crippen LogP contribution in [-0.4, -0.2) is 34.7 Å². The molecular formula is C18H23ClN4O2. The van der Waals surface area contributed by atoms with E-state index in [1.807, 2.05) is 25.6 Å². The molecule has 2 amide bonds. The molecule has 25 heavy (non-hydrogen) atoms. The highest BCUT2D eigenvalue weighted by Gasteiger charge is 2.12. The molecule has 6 nitrogen and oxygen atoms in total. The second kappa shape index (κ2) is 8.67. The van der Waals surface area contributed by atoms with E-state index in [0.29, 0.717) is 36.5 Å². The average molecular weight is 363 g/mol. The number of hydrogen-bond donors (Lipinski definition) is 2. The molecule has 0 unspecified atom stereocenters. The van der Waals surface area contributed by atoms with Crippen molar-refractivity contribution in [2.24, 2.45) is 7.05 Å². The van der Waals surface area contributed by atoms with Crippen molar-refractivity contribution >= 4 is 23.4 Å². The minimum atomic E-state index is -0.249. The molecule has 0 atom stereocenters. The zero-order valence-electron chi connectivity index (χ0n) is 14.7. The van der Waals surface area contributed by atoms with Crippen molar-refractivity contribution in [3.05, 3.63) is 51.8 Å². The van der Waals surface area contributed by atoms with E-state index in [1.165, 1.54) is 0 Å². The zero-order valence-corrected chi connectivity index (χ0v) is 15.5. The maximum absolute atomic E-state index is 12.0. The Bertz CT molecular complexity index is 770. The van der Waals surface area contributed by atoms with Gasteiger partial charge >= 0.3 is 0 Å². The van der Waals surface area contributed by atoms with E-state index in [-0.39, 0.29) is 11.8 Å². The summed E-state index contributed by atoms with van der Waals surface area (Å²) in [5.41, 5.74) is 3.58. The fourth-order valence-corrected chi connectivity index (χ4v) is 2.85. The fourth-order valence-electron chi connectivity index (χ4n) is 2.62. The third kappa shape index (κ3) is 5.06. The van der Waals surface area contributed by atoms with Gasteiger partial charge in [-0.05, 0) is 38.0 Å². The predicted molar refractivity (Wildman–Crippen MR) is 97.8 cm³/mol. The van der Waals surface area contributed by atoms with Crippen molar-refractivity contribution in [2.75, 3.05) is 13.1 Å². The maximum atomic E-state index is 12.0. The first-order chi connectivity index (χ1) is 11.9. The highest BCUT2D eigenvalue weighted by Crippen LogP contribution is 2.14. The summed E-state index contributed by atoms with van der Waals surface area (Å²) in [4.78, 5) is 23.9. The van der Waals surface area contributed by atoms with Gasteiger partial charge in [0.15, 0.2) is 0 Å². The molecule has 0 spiro atoms. The molecule has 134 valence electrons. The Labute approximate surface area is 152 Å². The lowest BCUT2D eigenvalue weighted by molar-refractivity contribution is -0.121. The van der Waals surface area contributed by atoms with Crippen LogP contribution in [0.5, 0.6) is 0 Å². The van der Waals surface area contributed by atoms with Gasteiger partial charge in [-0.25, -0.2) is 0 Å². The van der Waals surface area contributed by atoms with E-state index >= 15 is 0 Å². The fraction of sp³-hybridized carbons (Fsp3) is 0.389. The molecule has 2 rings (SSSR count). The zero-order chi connectivity index (χ0) is 18.4. The van der Waals surface area contributed by atoms with Gasteiger partial charge in [-0.3, -0.25) is 14.3 Å². The first kappa shape index (κ1) is 19.0. The van der Waals surface area contributed by atoms with Crippen LogP contribution in [0.4, 0.5) is 0 Å².